The van der Waals surface area contributed by atoms with Crippen LogP contribution in [0, 0.1) is 0 Å². The highest BCUT2D eigenvalue weighted by Crippen LogP contribution is 2.25. The van der Waals surface area contributed by atoms with E-state index < -0.39 is 0 Å². The first kappa shape index (κ1) is 21.6. The summed E-state index contributed by atoms with van der Waals surface area (Å²) in [6.45, 7) is 10.8. The first-order valence-electron chi connectivity index (χ1n) is 10.6. The highest BCUT2D eigenvalue weighted by atomic mass is 32.1. The second-order valence-corrected chi connectivity index (χ2v) is 8.53. The van der Waals surface area contributed by atoms with Gasteiger partial charge in [-0.1, -0.05) is 35.5 Å². The maximum atomic E-state index is 11.7. The molecule has 1 fully saturated rings. The van der Waals surface area contributed by atoms with Crippen LogP contribution in [0.4, 0.5) is 5.13 Å². The van der Waals surface area contributed by atoms with Crippen LogP contribution in [-0.4, -0.2) is 63.6 Å². The summed E-state index contributed by atoms with van der Waals surface area (Å²) in [5, 5.41) is 6.99. The summed E-state index contributed by atoms with van der Waals surface area (Å²) in [5.74, 6) is 1.31. The fourth-order valence-corrected chi connectivity index (χ4v) is 4.71. The number of hydrogen-bond donors (Lipinski definition) is 0. The predicted molar refractivity (Wildman–Crippen MR) is 121 cm³/mol. The van der Waals surface area contributed by atoms with Crippen LogP contribution in [0.25, 0.3) is 11.4 Å². The zero-order valence-electron chi connectivity index (χ0n) is 18.2. The Morgan fingerprint density at radius 3 is 2.61 bits per heavy atom. The molecule has 1 amide bonds. The zero-order valence-corrected chi connectivity index (χ0v) is 19.0. The van der Waals surface area contributed by atoms with Gasteiger partial charge in [0, 0.05) is 57.1 Å². The van der Waals surface area contributed by atoms with E-state index in [2.05, 4.69) is 37.2 Å². The lowest BCUT2D eigenvalue weighted by Gasteiger charge is -2.36. The molecule has 1 saturated heterocycles. The summed E-state index contributed by atoms with van der Waals surface area (Å²) in [6, 6.07) is 9.96. The molecule has 0 aliphatic carbocycles. The molecular formula is C22H28N6O2S. The maximum Gasteiger partial charge on any atom is 0.244 e. The van der Waals surface area contributed by atoms with Crippen LogP contribution in [0.2, 0.25) is 0 Å². The van der Waals surface area contributed by atoms with Crippen LogP contribution in [-0.2, 0) is 11.3 Å². The molecule has 4 rings (SSSR count). The molecule has 0 radical (unpaired) electrons. The standard InChI is InChI=1S/C22H28N6O2S/c1-4-28(17(3)29)22-23-19(15-31-22)14-26-10-12-27(13-11-26)16(2)21-24-20(25-30-21)18-8-6-5-7-9-18/h5-9,15-16H,4,10-14H2,1-3H3. The lowest BCUT2D eigenvalue weighted by Crippen LogP contribution is -2.46. The minimum absolute atomic E-state index is 0.0300. The lowest BCUT2D eigenvalue weighted by atomic mass is 10.2. The van der Waals surface area contributed by atoms with Gasteiger partial charge >= 0.3 is 0 Å². The molecule has 1 aromatic carbocycles. The summed E-state index contributed by atoms with van der Waals surface area (Å²) >= 11 is 1.53. The van der Waals surface area contributed by atoms with E-state index in [0.29, 0.717) is 18.3 Å². The number of nitrogens with zero attached hydrogens (tertiary/aromatic N) is 6. The van der Waals surface area contributed by atoms with E-state index in [1.54, 1.807) is 11.8 Å². The van der Waals surface area contributed by atoms with Crippen molar-refractivity contribution in [3.63, 3.8) is 0 Å². The van der Waals surface area contributed by atoms with Gasteiger partial charge in [0.1, 0.15) is 0 Å². The Kier molecular flexibility index (Phi) is 6.74. The number of anilines is 1. The van der Waals surface area contributed by atoms with Gasteiger partial charge in [0.2, 0.25) is 17.6 Å². The van der Waals surface area contributed by atoms with Crippen molar-refractivity contribution in [1.82, 2.24) is 24.9 Å². The van der Waals surface area contributed by atoms with Crippen molar-refractivity contribution in [2.45, 2.75) is 33.4 Å². The third-order valence-corrected chi connectivity index (χ3v) is 6.55. The number of thiazole rings is 1. The number of amides is 1. The largest absolute Gasteiger partial charge is 0.337 e. The fraction of sp³-hybridized carbons (Fsp3) is 0.455. The number of carbonyl (C=O) groups is 1. The van der Waals surface area contributed by atoms with Gasteiger partial charge in [-0.2, -0.15) is 4.98 Å². The Morgan fingerprint density at radius 1 is 1.19 bits per heavy atom. The van der Waals surface area contributed by atoms with Gasteiger partial charge < -0.3 is 4.52 Å². The van der Waals surface area contributed by atoms with Crippen molar-refractivity contribution in [2.24, 2.45) is 0 Å². The molecule has 8 nitrogen and oxygen atoms in total. The third-order valence-electron chi connectivity index (χ3n) is 5.64. The average Bonchev–Trinajstić information content (AvgIpc) is 3.45. The summed E-state index contributed by atoms with van der Waals surface area (Å²) in [6.07, 6.45) is 0. The molecule has 31 heavy (non-hydrogen) atoms. The monoisotopic (exact) mass is 440 g/mol. The van der Waals surface area contributed by atoms with Crippen molar-refractivity contribution in [3.05, 3.63) is 47.3 Å². The van der Waals surface area contributed by atoms with E-state index in [-0.39, 0.29) is 11.9 Å². The van der Waals surface area contributed by atoms with E-state index in [1.807, 2.05) is 37.3 Å². The van der Waals surface area contributed by atoms with E-state index in [1.165, 1.54) is 11.3 Å². The fourth-order valence-electron chi connectivity index (χ4n) is 3.79. The van der Waals surface area contributed by atoms with Crippen LogP contribution < -0.4 is 4.90 Å². The molecule has 2 aromatic heterocycles. The van der Waals surface area contributed by atoms with Gasteiger partial charge in [0.05, 0.1) is 11.7 Å². The molecule has 1 atom stereocenters. The van der Waals surface area contributed by atoms with Crippen LogP contribution in [0.3, 0.4) is 0 Å². The summed E-state index contributed by atoms with van der Waals surface area (Å²) in [5.41, 5.74) is 1.98. The van der Waals surface area contributed by atoms with Gasteiger partial charge in [-0.05, 0) is 13.8 Å². The molecular weight excluding hydrogens is 412 g/mol. The maximum absolute atomic E-state index is 11.7. The van der Waals surface area contributed by atoms with Gasteiger partial charge in [-0.3, -0.25) is 19.5 Å². The minimum atomic E-state index is 0.0300. The molecule has 1 aliphatic heterocycles. The van der Waals surface area contributed by atoms with E-state index in [0.717, 1.165) is 49.1 Å². The van der Waals surface area contributed by atoms with Crippen LogP contribution in [0.1, 0.15) is 38.4 Å². The summed E-state index contributed by atoms with van der Waals surface area (Å²) in [7, 11) is 0. The quantitative estimate of drug-likeness (QED) is 0.557. The Balaban J connectivity index is 1.31. The highest BCUT2D eigenvalue weighted by molar-refractivity contribution is 7.14. The van der Waals surface area contributed by atoms with Gasteiger partial charge in [0.15, 0.2) is 5.13 Å². The predicted octanol–water partition coefficient (Wildman–Crippen LogP) is 3.44. The number of rotatable bonds is 7. The second kappa shape index (κ2) is 9.67. The number of carbonyl (C=O) groups excluding carboxylic acids is 1. The number of hydrogen-bond acceptors (Lipinski definition) is 8. The van der Waals surface area contributed by atoms with Gasteiger partial charge in [0.25, 0.3) is 0 Å². The zero-order chi connectivity index (χ0) is 21.8. The van der Waals surface area contributed by atoms with E-state index >= 15 is 0 Å². The van der Waals surface area contributed by atoms with Crippen LogP contribution in [0.15, 0.2) is 40.2 Å². The highest BCUT2D eigenvalue weighted by Gasteiger charge is 2.26. The topological polar surface area (TPSA) is 78.6 Å². The number of benzene rings is 1. The summed E-state index contributed by atoms with van der Waals surface area (Å²) < 4.78 is 5.55. The van der Waals surface area contributed by atoms with Gasteiger partial charge in [-0.15, -0.1) is 11.3 Å². The molecule has 0 saturated carbocycles. The first-order chi connectivity index (χ1) is 15.0. The number of piperazine rings is 1. The number of aromatic nitrogens is 3. The molecule has 1 aliphatic rings. The first-order valence-corrected chi connectivity index (χ1v) is 11.5. The molecule has 3 heterocycles. The molecule has 0 N–H and O–H groups in total. The van der Waals surface area contributed by atoms with E-state index in [9.17, 15) is 4.79 Å². The second-order valence-electron chi connectivity index (χ2n) is 7.70. The molecule has 0 spiro atoms. The van der Waals surface area contributed by atoms with Crippen LogP contribution >= 0.6 is 11.3 Å². The summed E-state index contributed by atoms with van der Waals surface area (Å²) in [4.78, 5) is 27.5. The van der Waals surface area contributed by atoms with Crippen molar-refractivity contribution in [3.8, 4) is 11.4 Å². The molecule has 0 bridgehead atoms. The average molecular weight is 441 g/mol. The van der Waals surface area contributed by atoms with Gasteiger partial charge in [-0.25, -0.2) is 4.98 Å². The van der Waals surface area contributed by atoms with E-state index in [4.69, 9.17) is 4.52 Å². The Morgan fingerprint density at radius 2 is 1.94 bits per heavy atom. The third kappa shape index (κ3) is 5.00. The molecule has 9 heteroatoms. The smallest absolute Gasteiger partial charge is 0.244 e. The normalized spacial score (nSPS) is 16.4. The lowest BCUT2D eigenvalue weighted by molar-refractivity contribution is -0.116. The Bertz CT molecular complexity index is 996. The van der Waals surface area contributed by atoms with Crippen molar-refractivity contribution < 1.29 is 9.32 Å². The SMILES string of the molecule is CCN(C(C)=O)c1nc(CN2CCN(C(C)c3nc(-c4ccccc4)no3)CC2)cs1. The van der Waals surface area contributed by atoms with Crippen LogP contribution in [0.5, 0.6) is 0 Å². The Hall–Kier alpha value is -2.62. The van der Waals surface area contributed by atoms with Crippen molar-refractivity contribution >= 4 is 22.4 Å². The molecule has 164 valence electrons. The Labute approximate surface area is 186 Å². The minimum Gasteiger partial charge on any atom is -0.337 e. The molecule has 3 aromatic rings. The van der Waals surface area contributed by atoms with Crippen molar-refractivity contribution in [2.75, 3.05) is 37.6 Å². The molecule has 1 unspecified atom stereocenters. The van der Waals surface area contributed by atoms with Crippen molar-refractivity contribution in [1.29, 1.82) is 0 Å².